The number of hydrogen-bond acceptors (Lipinski definition) is 4. The average molecular weight is 245 g/mol. The van der Waals surface area contributed by atoms with Crippen LogP contribution in [0.15, 0.2) is 30.5 Å². The SMILES string of the molecule is COCC(C)(C)Nc1ccc(N)c2ncccc12. The van der Waals surface area contributed by atoms with Crippen LogP contribution in [-0.2, 0) is 4.74 Å². The van der Waals surface area contributed by atoms with Crippen molar-refractivity contribution in [2.24, 2.45) is 0 Å². The molecule has 0 spiro atoms. The fourth-order valence-corrected chi connectivity index (χ4v) is 2.06. The molecular formula is C14H19N3O. The van der Waals surface area contributed by atoms with Gasteiger partial charge in [-0.3, -0.25) is 4.98 Å². The monoisotopic (exact) mass is 245 g/mol. The Morgan fingerprint density at radius 1 is 1.33 bits per heavy atom. The summed E-state index contributed by atoms with van der Waals surface area (Å²) in [5, 5.41) is 4.50. The van der Waals surface area contributed by atoms with Gasteiger partial charge in [-0.2, -0.15) is 0 Å². The summed E-state index contributed by atoms with van der Waals surface area (Å²) in [6.45, 7) is 4.81. The summed E-state index contributed by atoms with van der Waals surface area (Å²) < 4.78 is 5.21. The van der Waals surface area contributed by atoms with Crippen LogP contribution in [-0.4, -0.2) is 24.2 Å². The number of fused-ring (bicyclic) bond motifs is 1. The molecule has 18 heavy (non-hydrogen) atoms. The minimum atomic E-state index is -0.145. The van der Waals surface area contributed by atoms with E-state index in [0.717, 1.165) is 16.6 Å². The third-order valence-corrected chi connectivity index (χ3v) is 2.78. The van der Waals surface area contributed by atoms with E-state index in [2.05, 4.69) is 24.1 Å². The first-order valence-corrected chi connectivity index (χ1v) is 5.94. The van der Waals surface area contributed by atoms with Gasteiger partial charge in [0.05, 0.1) is 23.3 Å². The van der Waals surface area contributed by atoms with Crippen LogP contribution in [0, 0.1) is 0 Å². The van der Waals surface area contributed by atoms with Crippen LogP contribution in [0.3, 0.4) is 0 Å². The fraction of sp³-hybridized carbons (Fsp3) is 0.357. The molecule has 0 aliphatic rings. The first kappa shape index (κ1) is 12.6. The topological polar surface area (TPSA) is 60.2 Å². The van der Waals surface area contributed by atoms with E-state index < -0.39 is 0 Å². The molecule has 4 heteroatoms. The number of rotatable bonds is 4. The van der Waals surface area contributed by atoms with Gasteiger partial charge in [0.15, 0.2) is 0 Å². The zero-order valence-electron chi connectivity index (χ0n) is 11.0. The van der Waals surface area contributed by atoms with Gasteiger partial charge in [-0.05, 0) is 38.1 Å². The summed E-state index contributed by atoms with van der Waals surface area (Å²) in [6.07, 6.45) is 1.75. The van der Waals surface area contributed by atoms with Gasteiger partial charge in [0.1, 0.15) is 0 Å². The molecule has 4 nitrogen and oxygen atoms in total. The lowest BCUT2D eigenvalue weighted by atomic mass is 10.0. The summed E-state index contributed by atoms with van der Waals surface area (Å²) in [6, 6.07) is 7.79. The molecule has 0 atom stereocenters. The van der Waals surface area contributed by atoms with Gasteiger partial charge in [0.2, 0.25) is 0 Å². The normalized spacial score (nSPS) is 11.7. The highest BCUT2D eigenvalue weighted by Gasteiger charge is 2.18. The van der Waals surface area contributed by atoms with Crippen LogP contribution in [0.2, 0.25) is 0 Å². The second kappa shape index (κ2) is 4.82. The number of pyridine rings is 1. The zero-order chi connectivity index (χ0) is 13.2. The van der Waals surface area contributed by atoms with Crippen molar-refractivity contribution in [2.45, 2.75) is 19.4 Å². The molecule has 0 amide bonds. The number of ether oxygens (including phenoxy) is 1. The second-order valence-electron chi connectivity index (χ2n) is 5.04. The Hall–Kier alpha value is -1.81. The molecule has 96 valence electrons. The van der Waals surface area contributed by atoms with Gasteiger partial charge in [-0.25, -0.2) is 0 Å². The molecule has 0 saturated carbocycles. The number of aromatic nitrogens is 1. The van der Waals surface area contributed by atoms with Crippen molar-refractivity contribution in [3.63, 3.8) is 0 Å². The maximum atomic E-state index is 5.93. The van der Waals surface area contributed by atoms with Crippen molar-refractivity contribution >= 4 is 22.3 Å². The summed E-state index contributed by atoms with van der Waals surface area (Å²) in [5.41, 5.74) is 8.33. The summed E-state index contributed by atoms with van der Waals surface area (Å²) in [4.78, 5) is 4.32. The molecule has 0 bridgehead atoms. The van der Waals surface area contributed by atoms with E-state index in [9.17, 15) is 0 Å². The Morgan fingerprint density at radius 3 is 2.83 bits per heavy atom. The van der Waals surface area contributed by atoms with Crippen molar-refractivity contribution in [3.8, 4) is 0 Å². The summed E-state index contributed by atoms with van der Waals surface area (Å²) in [7, 11) is 1.70. The van der Waals surface area contributed by atoms with Crippen LogP contribution >= 0.6 is 0 Å². The van der Waals surface area contributed by atoms with Gasteiger partial charge in [-0.15, -0.1) is 0 Å². The number of methoxy groups -OCH3 is 1. The molecule has 0 fully saturated rings. The fourth-order valence-electron chi connectivity index (χ4n) is 2.06. The van der Waals surface area contributed by atoms with Gasteiger partial charge in [-0.1, -0.05) is 0 Å². The average Bonchev–Trinajstić information content (AvgIpc) is 2.33. The molecule has 2 rings (SSSR count). The quantitative estimate of drug-likeness (QED) is 0.813. The molecule has 1 heterocycles. The molecule has 0 aliphatic carbocycles. The number of nitrogens with one attached hydrogen (secondary N) is 1. The van der Waals surface area contributed by atoms with Crippen LogP contribution < -0.4 is 11.1 Å². The third kappa shape index (κ3) is 2.54. The highest BCUT2D eigenvalue weighted by Crippen LogP contribution is 2.28. The lowest BCUT2D eigenvalue weighted by Crippen LogP contribution is -2.35. The Kier molecular flexibility index (Phi) is 3.39. The molecule has 0 saturated heterocycles. The maximum Gasteiger partial charge on any atom is 0.0951 e. The highest BCUT2D eigenvalue weighted by atomic mass is 16.5. The summed E-state index contributed by atoms with van der Waals surface area (Å²) >= 11 is 0. The number of hydrogen-bond donors (Lipinski definition) is 2. The van der Waals surface area contributed by atoms with Gasteiger partial charge in [0.25, 0.3) is 0 Å². The predicted molar refractivity (Wildman–Crippen MR) is 75.7 cm³/mol. The molecular weight excluding hydrogens is 226 g/mol. The number of nitrogens with two attached hydrogens (primary N) is 1. The Labute approximate surface area is 107 Å². The van der Waals surface area contributed by atoms with Gasteiger partial charge >= 0.3 is 0 Å². The van der Waals surface area contributed by atoms with Crippen molar-refractivity contribution in [1.29, 1.82) is 0 Å². The largest absolute Gasteiger partial charge is 0.397 e. The standard InChI is InChI=1S/C14H19N3O/c1-14(2,9-18-3)17-12-7-6-11(15)13-10(12)5-4-8-16-13/h4-8,17H,9,15H2,1-3H3. The Balaban J connectivity index is 2.43. The number of benzene rings is 1. The second-order valence-corrected chi connectivity index (χ2v) is 5.04. The molecule has 1 aromatic carbocycles. The minimum Gasteiger partial charge on any atom is -0.397 e. The van der Waals surface area contributed by atoms with E-state index in [0.29, 0.717) is 12.3 Å². The smallest absolute Gasteiger partial charge is 0.0951 e. The van der Waals surface area contributed by atoms with E-state index in [1.807, 2.05) is 24.3 Å². The van der Waals surface area contributed by atoms with Crippen molar-refractivity contribution in [2.75, 3.05) is 24.8 Å². The molecule has 1 aromatic heterocycles. The first-order chi connectivity index (χ1) is 8.53. The number of anilines is 2. The van der Waals surface area contributed by atoms with Crippen LogP contribution in [0.4, 0.5) is 11.4 Å². The minimum absolute atomic E-state index is 0.145. The first-order valence-electron chi connectivity index (χ1n) is 5.94. The molecule has 0 unspecified atom stereocenters. The molecule has 0 radical (unpaired) electrons. The molecule has 2 aromatic rings. The van der Waals surface area contributed by atoms with Crippen molar-refractivity contribution < 1.29 is 4.74 Å². The van der Waals surface area contributed by atoms with Crippen molar-refractivity contribution in [1.82, 2.24) is 4.98 Å². The van der Waals surface area contributed by atoms with E-state index >= 15 is 0 Å². The zero-order valence-corrected chi connectivity index (χ0v) is 11.0. The van der Waals surface area contributed by atoms with Gasteiger partial charge < -0.3 is 15.8 Å². The van der Waals surface area contributed by atoms with E-state index in [1.165, 1.54) is 0 Å². The Morgan fingerprint density at radius 2 is 2.11 bits per heavy atom. The van der Waals surface area contributed by atoms with Gasteiger partial charge in [0, 0.05) is 24.4 Å². The van der Waals surface area contributed by atoms with E-state index in [1.54, 1.807) is 13.3 Å². The van der Waals surface area contributed by atoms with Crippen LogP contribution in [0.25, 0.3) is 10.9 Å². The van der Waals surface area contributed by atoms with Crippen molar-refractivity contribution in [3.05, 3.63) is 30.5 Å². The highest BCUT2D eigenvalue weighted by molar-refractivity contribution is 5.98. The Bertz CT molecular complexity index is 552. The molecule has 3 N–H and O–H groups in total. The van der Waals surface area contributed by atoms with Crippen LogP contribution in [0.5, 0.6) is 0 Å². The number of nitrogen functional groups attached to an aromatic ring is 1. The van der Waals surface area contributed by atoms with Crippen LogP contribution in [0.1, 0.15) is 13.8 Å². The third-order valence-electron chi connectivity index (χ3n) is 2.78. The predicted octanol–water partition coefficient (Wildman–Crippen LogP) is 2.65. The summed E-state index contributed by atoms with van der Waals surface area (Å²) in [5.74, 6) is 0. The lowest BCUT2D eigenvalue weighted by Gasteiger charge is -2.27. The lowest BCUT2D eigenvalue weighted by molar-refractivity contribution is 0.158. The van der Waals surface area contributed by atoms with E-state index in [-0.39, 0.29) is 5.54 Å². The van der Waals surface area contributed by atoms with E-state index in [4.69, 9.17) is 10.5 Å². The molecule has 0 aliphatic heterocycles. The maximum absolute atomic E-state index is 5.93. The number of nitrogens with zero attached hydrogens (tertiary/aromatic N) is 1.